The zero-order valence-electron chi connectivity index (χ0n) is 14.6. The first-order valence-corrected chi connectivity index (χ1v) is 9.74. The number of ether oxygens (including phenoxy) is 2. The zero-order valence-corrected chi connectivity index (χ0v) is 16.8. The van der Waals surface area contributed by atoms with Gasteiger partial charge in [-0.3, -0.25) is 10.1 Å². The lowest BCUT2D eigenvalue weighted by Crippen LogP contribution is -2.49. The van der Waals surface area contributed by atoms with Gasteiger partial charge in [-0.25, -0.2) is 9.59 Å². The van der Waals surface area contributed by atoms with Gasteiger partial charge in [0, 0.05) is 37.1 Å². The highest BCUT2D eigenvalue weighted by molar-refractivity contribution is 6.67. The van der Waals surface area contributed by atoms with Gasteiger partial charge in [-0.1, -0.05) is 40.9 Å². The van der Waals surface area contributed by atoms with Crippen molar-refractivity contribution in [1.29, 1.82) is 0 Å². The summed E-state index contributed by atoms with van der Waals surface area (Å²) < 4.78 is 8.92. The number of non-ortho nitro benzene ring substituents is 1. The summed E-state index contributed by atoms with van der Waals surface area (Å²) in [4.78, 5) is 36.6. The molecule has 152 valence electrons. The van der Waals surface area contributed by atoms with Gasteiger partial charge in [-0.15, -0.1) is 0 Å². The number of alkyl halides is 3. The molecule has 2 bridgehead atoms. The van der Waals surface area contributed by atoms with Crippen molar-refractivity contribution in [2.45, 2.75) is 47.7 Å². The van der Waals surface area contributed by atoms with E-state index in [4.69, 9.17) is 44.3 Å². The largest absolute Gasteiger partial charge is 0.459 e. The van der Waals surface area contributed by atoms with Crippen LogP contribution in [-0.2, 0) is 9.47 Å². The number of halogens is 3. The number of piperidine rings is 1. The smallest absolute Gasteiger partial charge is 0.410 e. The van der Waals surface area contributed by atoms with Crippen molar-refractivity contribution in [3.8, 4) is 0 Å². The van der Waals surface area contributed by atoms with Gasteiger partial charge in [0.1, 0.15) is 12.7 Å². The monoisotopic (exact) mass is 450 g/mol. The predicted octanol–water partition coefficient (Wildman–Crippen LogP) is 4.25. The average molecular weight is 452 g/mol. The van der Waals surface area contributed by atoms with E-state index in [2.05, 4.69) is 0 Å². The van der Waals surface area contributed by atoms with Crippen molar-refractivity contribution < 1.29 is 24.0 Å². The van der Waals surface area contributed by atoms with Crippen molar-refractivity contribution in [1.82, 2.24) is 4.90 Å². The Morgan fingerprint density at radius 1 is 1.21 bits per heavy atom. The standard InChI is InChI=1S/C17H17Cl3N2O6/c18-17(19,20)9-27-16(24)21-11-4-5-12(21)8-14(7-11)28-15(23)10-2-1-3-13(6-10)22(25)26/h1-3,6,11-12,14H,4-5,7-9H2/t11-,12+,14?. The van der Waals surface area contributed by atoms with E-state index in [9.17, 15) is 19.7 Å². The second-order valence-corrected chi connectivity index (χ2v) is 9.28. The normalized spacial score (nSPS) is 24.0. The zero-order chi connectivity index (χ0) is 20.5. The molecule has 8 nitrogen and oxygen atoms in total. The van der Waals surface area contributed by atoms with Gasteiger partial charge in [0.15, 0.2) is 0 Å². The Labute approximate surface area is 175 Å². The highest BCUT2D eigenvalue weighted by Crippen LogP contribution is 2.38. The van der Waals surface area contributed by atoms with Crippen LogP contribution < -0.4 is 0 Å². The summed E-state index contributed by atoms with van der Waals surface area (Å²) in [6.07, 6.45) is 1.50. The van der Waals surface area contributed by atoms with E-state index in [0.717, 1.165) is 12.8 Å². The first kappa shape index (κ1) is 21.0. The van der Waals surface area contributed by atoms with E-state index in [-0.39, 0.29) is 36.0 Å². The SMILES string of the molecule is O=C(OC1C[C@H]2CC[C@@H](C1)N2C(=O)OCC(Cl)(Cl)Cl)c1cccc([N+](=O)[O-])c1. The van der Waals surface area contributed by atoms with Crippen molar-refractivity contribution in [2.75, 3.05) is 6.61 Å². The minimum absolute atomic E-state index is 0.117. The number of esters is 1. The summed E-state index contributed by atoms with van der Waals surface area (Å²) in [7, 11) is 0. The first-order valence-electron chi connectivity index (χ1n) is 8.61. The highest BCUT2D eigenvalue weighted by Gasteiger charge is 2.45. The fourth-order valence-electron chi connectivity index (χ4n) is 3.71. The van der Waals surface area contributed by atoms with Crippen molar-refractivity contribution in [3.63, 3.8) is 0 Å². The molecule has 28 heavy (non-hydrogen) atoms. The first-order chi connectivity index (χ1) is 13.1. The van der Waals surface area contributed by atoms with Gasteiger partial charge in [0.05, 0.1) is 10.5 Å². The van der Waals surface area contributed by atoms with Crippen LogP contribution in [-0.4, -0.2) is 50.5 Å². The molecule has 3 rings (SSSR count). The molecule has 1 unspecified atom stereocenters. The van der Waals surface area contributed by atoms with Gasteiger partial charge in [0.2, 0.25) is 3.79 Å². The van der Waals surface area contributed by atoms with Crippen LogP contribution in [0.15, 0.2) is 24.3 Å². The van der Waals surface area contributed by atoms with Gasteiger partial charge >= 0.3 is 12.1 Å². The second-order valence-electron chi connectivity index (χ2n) is 6.77. The molecule has 2 aliphatic rings. The molecule has 2 heterocycles. The molecule has 0 aromatic heterocycles. The molecule has 0 radical (unpaired) electrons. The number of carbonyl (C=O) groups excluding carboxylic acids is 2. The number of hydrogen-bond acceptors (Lipinski definition) is 6. The second kappa shape index (κ2) is 8.31. The van der Waals surface area contributed by atoms with E-state index in [1.54, 1.807) is 4.90 Å². The Bertz CT molecular complexity index is 770. The molecule has 1 aromatic carbocycles. The summed E-state index contributed by atoms with van der Waals surface area (Å²) in [6.45, 7) is -0.350. The Morgan fingerprint density at radius 3 is 2.43 bits per heavy atom. The van der Waals surface area contributed by atoms with Gasteiger partial charge in [-0.2, -0.15) is 0 Å². The quantitative estimate of drug-likeness (QED) is 0.294. The maximum Gasteiger partial charge on any atom is 0.410 e. The number of carbonyl (C=O) groups is 2. The molecule has 3 atom stereocenters. The molecule has 2 aliphatic heterocycles. The fraction of sp³-hybridized carbons (Fsp3) is 0.529. The van der Waals surface area contributed by atoms with Crippen LogP contribution in [0.3, 0.4) is 0 Å². The van der Waals surface area contributed by atoms with Gasteiger partial charge in [-0.05, 0) is 18.9 Å². The maximum atomic E-state index is 12.4. The number of nitrogens with zero attached hydrogens (tertiary/aromatic N) is 2. The Hall–Kier alpha value is -1.77. The molecule has 2 saturated heterocycles. The Kier molecular flexibility index (Phi) is 6.21. The van der Waals surface area contributed by atoms with Crippen LogP contribution in [0, 0.1) is 10.1 Å². The lowest BCUT2D eigenvalue weighted by Gasteiger charge is -2.37. The van der Waals surface area contributed by atoms with Crippen LogP contribution in [0.1, 0.15) is 36.0 Å². The molecule has 2 fully saturated rings. The van der Waals surface area contributed by atoms with Crippen LogP contribution in [0.25, 0.3) is 0 Å². The number of amides is 1. The number of nitro groups is 1. The van der Waals surface area contributed by atoms with E-state index in [1.807, 2.05) is 0 Å². The van der Waals surface area contributed by atoms with E-state index in [0.29, 0.717) is 12.8 Å². The predicted molar refractivity (Wildman–Crippen MR) is 102 cm³/mol. The van der Waals surface area contributed by atoms with Crippen LogP contribution in [0.4, 0.5) is 10.5 Å². The molecule has 11 heteroatoms. The molecule has 1 amide bonds. The third-order valence-electron chi connectivity index (χ3n) is 4.83. The van der Waals surface area contributed by atoms with E-state index in [1.165, 1.54) is 24.3 Å². The van der Waals surface area contributed by atoms with Crippen molar-refractivity contribution in [2.24, 2.45) is 0 Å². The minimum Gasteiger partial charge on any atom is -0.459 e. The Morgan fingerprint density at radius 2 is 1.86 bits per heavy atom. The third kappa shape index (κ3) is 4.98. The topological polar surface area (TPSA) is 99.0 Å². The summed E-state index contributed by atoms with van der Waals surface area (Å²) >= 11 is 16.8. The van der Waals surface area contributed by atoms with Crippen molar-refractivity contribution in [3.05, 3.63) is 39.9 Å². The lowest BCUT2D eigenvalue weighted by atomic mass is 10.00. The molecule has 0 spiro atoms. The number of nitro benzene ring substituents is 1. The molecule has 0 N–H and O–H groups in total. The third-order valence-corrected chi connectivity index (χ3v) is 5.15. The molecular formula is C17H17Cl3N2O6. The highest BCUT2D eigenvalue weighted by atomic mass is 35.6. The Balaban J connectivity index is 1.59. The summed E-state index contributed by atoms with van der Waals surface area (Å²) in [5.74, 6) is -0.625. The number of benzene rings is 1. The van der Waals surface area contributed by atoms with Crippen LogP contribution in [0.5, 0.6) is 0 Å². The summed E-state index contributed by atoms with van der Waals surface area (Å²) in [5.41, 5.74) is -0.0629. The molecule has 1 aromatic rings. The summed E-state index contributed by atoms with van der Waals surface area (Å²) in [6, 6.07) is 5.11. The average Bonchev–Trinajstić information content (AvgIpc) is 2.90. The van der Waals surface area contributed by atoms with E-state index < -0.39 is 20.8 Å². The van der Waals surface area contributed by atoms with Crippen LogP contribution in [0.2, 0.25) is 0 Å². The van der Waals surface area contributed by atoms with Crippen molar-refractivity contribution >= 4 is 52.6 Å². The van der Waals surface area contributed by atoms with Crippen LogP contribution >= 0.6 is 34.8 Å². The number of fused-ring (bicyclic) bond motifs is 2. The van der Waals surface area contributed by atoms with Gasteiger partial charge in [0.25, 0.3) is 5.69 Å². The molecule has 0 aliphatic carbocycles. The number of hydrogen-bond donors (Lipinski definition) is 0. The van der Waals surface area contributed by atoms with E-state index >= 15 is 0 Å². The van der Waals surface area contributed by atoms with Gasteiger partial charge < -0.3 is 14.4 Å². The fourth-order valence-corrected chi connectivity index (χ4v) is 3.87. The minimum atomic E-state index is -1.68. The summed E-state index contributed by atoms with van der Waals surface area (Å²) in [5, 5.41) is 10.9. The maximum absolute atomic E-state index is 12.4. The molecular weight excluding hydrogens is 435 g/mol. The lowest BCUT2D eigenvalue weighted by molar-refractivity contribution is -0.384. The molecule has 0 saturated carbocycles. The number of rotatable bonds is 4.